The molecule has 206 valence electrons. The number of rotatable bonds is 8. The Morgan fingerprint density at radius 1 is 1.15 bits per heavy atom. The number of hydrogen-bond donors (Lipinski definition) is 1. The van der Waals surface area contributed by atoms with Crippen molar-refractivity contribution in [3.63, 3.8) is 0 Å². The standard InChI is InChI=1S/C27H29Cl2FN5O3P/c1-15(24-18(28)10-31-11-19(24)29)38-23-7-17-21(8-22(23)37-3)33-34-25(17)16-6-20(30)26(32-9-16)35-12-27(2,13-35)14-39(4,5)36/h6-11,15H,12-14H2,1-5H3,(H,33,34)/t15-/m1/s1. The van der Waals surface area contributed by atoms with E-state index in [0.717, 1.165) is 0 Å². The zero-order chi connectivity index (χ0) is 28.1. The van der Waals surface area contributed by atoms with Crippen LogP contribution in [-0.2, 0) is 4.57 Å². The lowest BCUT2D eigenvalue weighted by molar-refractivity contribution is 0.216. The predicted molar refractivity (Wildman–Crippen MR) is 154 cm³/mol. The molecule has 1 atom stereocenters. The van der Waals surface area contributed by atoms with Crippen molar-refractivity contribution < 1.29 is 18.4 Å². The molecular weight excluding hydrogens is 563 g/mol. The molecule has 0 unspecified atom stereocenters. The summed E-state index contributed by atoms with van der Waals surface area (Å²) < 4.78 is 39.3. The number of nitrogens with one attached hydrogen (secondary N) is 1. The Morgan fingerprint density at radius 3 is 2.46 bits per heavy atom. The number of hydrogen-bond acceptors (Lipinski definition) is 7. The first-order valence-electron chi connectivity index (χ1n) is 12.3. The third kappa shape index (κ3) is 5.58. The quantitative estimate of drug-likeness (QED) is 0.219. The van der Waals surface area contributed by atoms with Gasteiger partial charge in [0.1, 0.15) is 11.8 Å². The van der Waals surface area contributed by atoms with Gasteiger partial charge in [0, 0.05) is 65.8 Å². The van der Waals surface area contributed by atoms with E-state index < -0.39 is 19.1 Å². The average molecular weight is 592 g/mol. The minimum atomic E-state index is -2.18. The number of aromatic amines is 1. The van der Waals surface area contributed by atoms with Gasteiger partial charge in [0.15, 0.2) is 23.1 Å². The molecule has 0 spiro atoms. The summed E-state index contributed by atoms with van der Waals surface area (Å²) in [6.45, 7) is 8.70. The molecule has 0 radical (unpaired) electrons. The molecule has 5 rings (SSSR count). The molecule has 1 fully saturated rings. The number of anilines is 1. The number of benzene rings is 1. The lowest BCUT2D eigenvalue weighted by atomic mass is 9.84. The van der Waals surface area contributed by atoms with Crippen LogP contribution in [-0.4, -0.2) is 59.9 Å². The Labute approximate surface area is 236 Å². The van der Waals surface area contributed by atoms with Crippen LogP contribution in [0.25, 0.3) is 22.2 Å². The highest BCUT2D eigenvalue weighted by Crippen LogP contribution is 2.48. The molecule has 8 nitrogen and oxygen atoms in total. The van der Waals surface area contributed by atoms with Crippen LogP contribution >= 0.6 is 30.3 Å². The van der Waals surface area contributed by atoms with Crippen LogP contribution in [0.2, 0.25) is 10.0 Å². The molecule has 0 aliphatic carbocycles. The van der Waals surface area contributed by atoms with Gasteiger partial charge in [-0.3, -0.25) is 10.1 Å². The van der Waals surface area contributed by atoms with Crippen molar-refractivity contribution in [3.05, 3.63) is 58.2 Å². The summed E-state index contributed by atoms with van der Waals surface area (Å²) in [6.07, 6.45) is 4.74. The monoisotopic (exact) mass is 591 g/mol. The Hall–Kier alpha value is -2.87. The fourth-order valence-electron chi connectivity index (χ4n) is 5.39. The average Bonchev–Trinajstić information content (AvgIpc) is 3.23. The van der Waals surface area contributed by atoms with Gasteiger partial charge in [0.25, 0.3) is 0 Å². The molecule has 4 heterocycles. The second-order valence-electron chi connectivity index (χ2n) is 10.8. The summed E-state index contributed by atoms with van der Waals surface area (Å²) in [7, 11) is -0.634. The van der Waals surface area contributed by atoms with Crippen molar-refractivity contribution in [3.8, 4) is 22.8 Å². The van der Waals surface area contributed by atoms with E-state index >= 15 is 4.39 Å². The van der Waals surface area contributed by atoms with Gasteiger partial charge < -0.3 is 18.9 Å². The van der Waals surface area contributed by atoms with Gasteiger partial charge in [-0.25, -0.2) is 9.37 Å². The summed E-state index contributed by atoms with van der Waals surface area (Å²) in [5, 5.41) is 8.89. The number of ether oxygens (including phenoxy) is 2. The summed E-state index contributed by atoms with van der Waals surface area (Å²) in [4.78, 5) is 10.3. The van der Waals surface area contributed by atoms with E-state index in [9.17, 15) is 4.57 Å². The van der Waals surface area contributed by atoms with E-state index in [-0.39, 0.29) is 11.2 Å². The zero-order valence-corrected chi connectivity index (χ0v) is 24.7. The number of halogens is 3. The molecule has 12 heteroatoms. The van der Waals surface area contributed by atoms with Crippen LogP contribution in [0.4, 0.5) is 10.2 Å². The smallest absolute Gasteiger partial charge is 0.166 e. The van der Waals surface area contributed by atoms with Gasteiger partial charge in [-0.05, 0) is 32.4 Å². The summed E-state index contributed by atoms with van der Waals surface area (Å²) in [5.41, 5.74) is 2.22. The van der Waals surface area contributed by atoms with Crippen LogP contribution in [0.15, 0.2) is 36.8 Å². The van der Waals surface area contributed by atoms with Gasteiger partial charge in [0.05, 0.1) is 29.8 Å². The second-order valence-corrected chi connectivity index (χ2v) is 15.1. The molecule has 0 saturated carbocycles. The van der Waals surface area contributed by atoms with Crippen LogP contribution in [0.5, 0.6) is 11.5 Å². The fraction of sp³-hybridized carbons (Fsp3) is 0.370. The first-order valence-corrected chi connectivity index (χ1v) is 15.9. The third-order valence-electron chi connectivity index (χ3n) is 6.75. The zero-order valence-electron chi connectivity index (χ0n) is 22.3. The highest BCUT2D eigenvalue weighted by molar-refractivity contribution is 7.62. The number of nitrogens with zero attached hydrogens (tertiary/aromatic N) is 4. The SMILES string of the molecule is COc1cc2[nH]nc(-c3cnc(N4CC(C)(CP(C)(C)=O)C4)c(F)c3)c2cc1O[C@H](C)c1c(Cl)cncc1Cl. The molecule has 1 aromatic carbocycles. The number of pyridine rings is 2. The highest BCUT2D eigenvalue weighted by Gasteiger charge is 2.42. The van der Waals surface area contributed by atoms with Crippen molar-refractivity contribution >= 4 is 47.1 Å². The van der Waals surface area contributed by atoms with Crippen LogP contribution in [0.1, 0.15) is 25.5 Å². The Balaban J connectivity index is 1.43. The van der Waals surface area contributed by atoms with Crippen molar-refractivity contribution in [2.45, 2.75) is 20.0 Å². The summed E-state index contributed by atoms with van der Waals surface area (Å²) in [5.74, 6) is 0.763. The number of H-pyrrole nitrogens is 1. The van der Waals surface area contributed by atoms with Gasteiger partial charge in [0.2, 0.25) is 0 Å². The number of fused-ring (bicyclic) bond motifs is 1. The molecule has 1 N–H and O–H groups in total. The molecule has 0 amide bonds. The first kappa shape index (κ1) is 27.7. The predicted octanol–water partition coefficient (Wildman–Crippen LogP) is 7.06. The first-order chi connectivity index (χ1) is 18.4. The van der Waals surface area contributed by atoms with E-state index in [1.165, 1.54) is 18.5 Å². The molecular formula is C27H29Cl2FN5O3P. The topological polar surface area (TPSA) is 93.2 Å². The van der Waals surface area contributed by atoms with Gasteiger partial charge in [-0.2, -0.15) is 5.10 Å². The Bertz CT molecular complexity index is 1580. The maximum absolute atomic E-state index is 15.3. The van der Waals surface area contributed by atoms with Crippen molar-refractivity contribution in [2.24, 2.45) is 5.41 Å². The van der Waals surface area contributed by atoms with E-state index in [2.05, 4.69) is 27.1 Å². The van der Waals surface area contributed by atoms with Gasteiger partial charge >= 0.3 is 0 Å². The maximum Gasteiger partial charge on any atom is 0.166 e. The normalized spacial score (nSPS) is 15.7. The summed E-state index contributed by atoms with van der Waals surface area (Å²) >= 11 is 12.6. The molecule has 3 aromatic heterocycles. The van der Waals surface area contributed by atoms with Gasteiger partial charge in [-0.1, -0.05) is 30.1 Å². The molecule has 0 bridgehead atoms. The van der Waals surface area contributed by atoms with Gasteiger partial charge in [-0.15, -0.1) is 0 Å². The third-order valence-corrected chi connectivity index (χ3v) is 8.88. The number of aromatic nitrogens is 4. The highest BCUT2D eigenvalue weighted by atomic mass is 35.5. The molecule has 1 aliphatic heterocycles. The van der Waals surface area contributed by atoms with E-state index in [1.807, 2.05) is 11.8 Å². The number of methoxy groups -OCH3 is 1. The molecule has 39 heavy (non-hydrogen) atoms. The minimum Gasteiger partial charge on any atom is -0.493 e. The fourth-order valence-corrected chi connectivity index (χ4v) is 8.10. The summed E-state index contributed by atoms with van der Waals surface area (Å²) in [6, 6.07) is 4.98. The largest absolute Gasteiger partial charge is 0.493 e. The minimum absolute atomic E-state index is 0.110. The van der Waals surface area contributed by atoms with Crippen LogP contribution < -0.4 is 14.4 Å². The molecule has 4 aromatic rings. The lowest BCUT2D eigenvalue weighted by Crippen LogP contribution is -2.57. The second kappa shape index (κ2) is 10.3. The lowest BCUT2D eigenvalue weighted by Gasteiger charge is -2.49. The van der Waals surface area contributed by atoms with Crippen LogP contribution in [0.3, 0.4) is 0 Å². The van der Waals surface area contributed by atoms with E-state index in [1.54, 1.807) is 38.8 Å². The van der Waals surface area contributed by atoms with Crippen molar-refractivity contribution in [1.82, 2.24) is 20.2 Å². The van der Waals surface area contributed by atoms with E-state index in [0.29, 0.717) is 68.5 Å². The van der Waals surface area contributed by atoms with Crippen molar-refractivity contribution in [1.29, 1.82) is 0 Å². The maximum atomic E-state index is 15.3. The van der Waals surface area contributed by atoms with Crippen molar-refractivity contribution in [2.75, 3.05) is 44.6 Å². The van der Waals surface area contributed by atoms with E-state index in [4.69, 9.17) is 32.7 Å². The Kier molecular flexibility index (Phi) is 7.29. The Morgan fingerprint density at radius 2 is 1.85 bits per heavy atom. The van der Waals surface area contributed by atoms with Crippen LogP contribution in [0, 0.1) is 11.2 Å². The molecule has 1 saturated heterocycles. The molecule has 1 aliphatic rings.